The Hall–Kier alpha value is -1.22. The fourth-order valence-corrected chi connectivity index (χ4v) is 2.51. The van der Waals surface area contributed by atoms with Gasteiger partial charge in [0.1, 0.15) is 0 Å². The predicted molar refractivity (Wildman–Crippen MR) is 95.0 cm³/mol. The highest BCUT2D eigenvalue weighted by molar-refractivity contribution is 5.57. The number of rotatable bonds is 11. The molecule has 0 fully saturated rings. The van der Waals surface area contributed by atoms with Gasteiger partial charge in [-0.3, -0.25) is 0 Å². The molecule has 1 rings (SSSR count). The molecule has 3 heteroatoms. The van der Waals surface area contributed by atoms with E-state index in [2.05, 4.69) is 37.1 Å². The lowest BCUT2D eigenvalue weighted by Crippen LogP contribution is -2.28. The monoisotopic (exact) mass is 291 g/mol. The lowest BCUT2D eigenvalue weighted by molar-refractivity contribution is 0.264. The molecule has 0 saturated carbocycles. The number of nitrogens with two attached hydrogens (primary N) is 1. The van der Waals surface area contributed by atoms with E-state index in [1.807, 2.05) is 12.1 Å². The molecule has 0 atom stereocenters. The SMILES string of the molecule is CCCCN(CCCC)CCCNc1ccc(N)cc1C. The molecule has 3 N–H and O–H groups in total. The van der Waals surface area contributed by atoms with Gasteiger partial charge in [0, 0.05) is 17.9 Å². The van der Waals surface area contributed by atoms with E-state index < -0.39 is 0 Å². The summed E-state index contributed by atoms with van der Waals surface area (Å²) in [5.41, 5.74) is 9.05. The smallest absolute Gasteiger partial charge is 0.0371 e. The number of nitrogen functional groups attached to an aromatic ring is 1. The summed E-state index contributed by atoms with van der Waals surface area (Å²) >= 11 is 0. The zero-order chi connectivity index (χ0) is 15.5. The van der Waals surface area contributed by atoms with E-state index in [0.29, 0.717) is 0 Å². The molecule has 0 unspecified atom stereocenters. The van der Waals surface area contributed by atoms with Gasteiger partial charge in [0.15, 0.2) is 0 Å². The Morgan fingerprint density at radius 3 is 2.19 bits per heavy atom. The summed E-state index contributed by atoms with van der Waals surface area (Å²) in [6.07, 6.45) is 6.39. The molecule has 1 aromatic rings. The molecule has 0 spiro atoms. The van der Waals surface area contributed by atoms with Crippen LogP contribution in [0, 0.1) is 6.92 Å². The van der Waals surface area contributed by atoms with Crippen molar-refractivity contribution in [3.8, 4) is 0 Å². The van der Waals surface area contributed by atoms with Crippen LogP contribution in [-0.2, 0) is 0 Å². The van der Waals surface area contributed by atoms with Crippen molar-refractivity contribution >= 4 is 11.4 Å². The van der Waals surface area contributed by atoms with Crippen molar-refractivity contribution in [1.29, 1.82) is 0 Å². The molecular weight excluding hydrogens is 258 g/mol. The number of aryl methyl sites for hydroxylation is 1. The maximum atomic E-state index is 5.78. The van der Waals surface area contributed by atoms with Gasteiger partial charge in [0.2, 0.25) is 0 Å². The van der Waals surface area contributed by atoms with Crippen molar-refractivity contribution in [2.24, 2.45) is 0 Å². The summed E-state index contributed by atoms with van der Waals surface area (Å²) in [4.78, 5) is 2.62. The molecule has 0 saturated heterocycles. The maximum Gasteiger partial charge on any atom is 0.0371 e. The largest absolute Gasteiger partial charge is 0.399 e. The molecule has 1 aromatic carbocycles. The molecular formula is C18H33N3. The second-order valence-electron chi connectivity index (χ2n) is 5.90. The fourth-order valence-electron chi connectivity index (χ4n) is 2.51. The molecule has 0 radical (unpaired) electrons. The maximum absolute atomic E-state index is 5.78. The zero-order valence-electron chi connectivity index (χ0n) is 14.1. The molecule has 0 aliphatic carbocycles. The predicted octanol–water partition coefficient (Wildman–Crippen LogP) is 4.28. The van der Waals surface area contributed by atoms with Crippen molar-refractivity contribution < 1.29 is 0 Å². The summed E-state index contributed by atoms with van der Waals surface area (Å²) in [7, 11) is 0. The van der Waals surface area contributed by atoms with E-state index in [-0.39, 0.29) is 0 Å². The van der Waals surface area contributed by atoms with Gasteiger partial charge in [-0.15, -0.1) is 0 Å². The highest BCUT2D eigenvalue weighted by atomic mass is 15.1. The van der Waals surface area contributed by atoms with E-state index in [1.165, 1.54) is 63.0 Å². The summed E-state index contributed by atoms with van der Waals surface area (Å²) in [6.45, 7) is 11.4. The van der Waals surface area contributed by atoms with E-state index in [4.69, 9.17) is 5.73 Å². The van der Waals surface area contributed by atoms with E-state index in [1.54, 1.807) is 0 Å². The van der Waals surface area contributed by atoms with Crippen molar-refractivity contribution in [2.75, 3.05) is 37.2 Å². The summed E-state index contributed by atoms with van der Waals surface area (Å²) in [6, 6.07) is 6.07. The lowest BCUT2D eigenvalue weighted by Gasteiger charge is -2.22. The van der Waals surface area contributed by atoms with Crippen LogP contribution >= 0.6 is 0 Å². The van der Waals surface area contributed by atoms with Gasteiger partial charge in [0.25, 0.3) is 0 Å². The first-order chi connectivity index (χ1) is 10.2. The second kappa shape index (κ2) is 10.5. The first-order valence-electron chi connectivity index (χ1n) is 8.49. The van der Waals surface area contributed by atoms with Gasteiger partial charge in [0.05, 0.1) is 0 Å². The van der Waals surface area contributed by atoms with Crippen LogP contribution in [0.1, 0.15) is 51.5 Å². The third-order valence-corrected chi connectivity index (χ3v) is 3.87. The third-order valence-electron chi connectivity index (χ3n) is 3.87. The lowest BCUT2D eigenvalue weighted by atomic mass is 10.2. The molecule has 0 heterocycles. The standard InChI is InChI=1S/C18H33N3/c1-4-6-12-21(13-7-5-2)14-8-11-20-18-10-9-17(19)15-16(18)3/h9-10,15,20H,4-8,11-14,19H2,1-3H3. The van der Waals surface area contributed by atoms with Crippen LogP contribution in [0.2, 0.25) is 0 Å². The minimum absolute atomic E-state index is 0.836. The summed E-state index contributed by atoms with van der Waals surface area (Å²) in [5.74, 6) is 0. The summed E-state index contributed by atoms with van der Waals surface area (Å²) in [5, 5.41) is 3.53. The minimum Gasteiger partial charge on any atom is -0.399 e. The number of hydrogen-bond acceptors (Lipinski definition) is 3. The van der Waals surface area contributed by atoms with Gasteiger partial charge in [-0.2, -0.15) is 0 Å². The zero-order valence-corrected chi connectivity index (χ0v) is 14.1. The van der Waals surface area contributed by atoms with E-state index >= 15 is 0 Å². The molecule has 0 aliphatic heterocycles. The second-order valence-corrected chi connectivity index (χ2v) is 5.90. The number of anilines is 2. The number of nitrogens with one attached hydrogen (secondary N) is 1. The minimum atomic E-state index is 0.836. The number of nitrogens with zero attached hydrogens (tertiary/aromatic N) is 1. The Labute approximate surface area is 130 Å². The molecule has 21 heavy (non-hydrogen) atoms. The highest BCUT2D eigenvalue weighted by Gasteiger charge is 2.04. The Bertz CT molecular complexity index is 382. The molecule has 0 amide bonds. The van der Waals surface area contributed by atoms with Crippen LogP contribution in [0.15, 0.2) is 18.2 Å². The Morgan fingerprint density at radius 1 is 1.00 bits per heavy atom. The van der Waals surface area contributed by atoms with Crippen molar-refractivity contribution in [2.45, 2.75) is 52.9 Å². The van der Waals surface area contributed by atoms with Crippen molar-refractivity contribution in [1.82, 2.24) is 4.90 Å². The van der Waals surface area contributed by atoms with Gasteiger partial charge in [-0.1, -0.05) is 26.7 Å². The molecule has 0 aliphatic rings. The van der Waals surface area contributed by atoms with Crippen molar-refractivity contribution in [3.63, 3.8) is 0 Å². The third kappa shape index (κ3) is 7.37. The summed E-state index contributed by atoms with van der Waals surface area (Å²) < 4.78 is 0. The average Bonchev–Trinajstić information content (AvgIpc) is 2.47. The van der Waals surface area contributed by atoms with Crippen LogP contribution in [0.3, 0.4) is 0 Å². The molecule has 120 valence electrons. The number of hydrogen-bond donors (Lipinski definition) is 2. The fraction of sp³-hybridized carbons (Fsp3) is 0.667. The molecule has 3 nitrogen and oxygen atoms in total. The Kier molecular flexibility index (Phi) is 8.91. The quantitative estimate of drug-likeness (QED) is 0.472. The van der Waals surface area contributed by atoms with Crippen LogP contribution < -0.4 is 11.1 Å². The van der Waals surface area contributed by atoms with E-state index in [0.717, 1.165) is 12.2 Å². The number of benzene rings is 1. The first kappa shape index (κ1) is 17.8. The normalized spacial score (nSPS) is 11.0. The topological polar surface area (TPSA) is 41.3 Å². The highest BCUT2D eigenvalue weighted by Crippen LogP contribution is 2.17. The van der Waals surface area contributed by atoms with Crippen LogP contribution in [0.5, 0.6) is 0 Å². The Balaban J connectivity index is 2.29. The van der Waals surface area contributed by atoms with Crippen molar-refractivity contribution in [3.05, 3.63) is 23.8 Å². The van der Waals surface area contributed by atoms with Gasteiger partial charge >= 0.3 is 0 Å². The molecule has 0 aromatic heterocycles. The number of unbranched alkanes of at least 4 members (excludes halogenated alkanes) is 2. The van der Waals surface area contributed by atoms with Crippen LogP contribution in [0.4, 0.5) is 11.4 Å². The van der Waals surface area contributed by atoms with Crippen LogP contribution in [-0.4, -0.2) is 31.1 Å². The first-order valence-corrected chi connectivity index (χ1v) is 8.49. The average molecular weight is 291 g/mol. The van der Waals surface area contributed by atoms with Gasteiger partial charge in [-0.25, -0.2) is 0 Å². The van der Waals surface area contributed by atoms with E-state index in [9.17, 15) is 0 Å². The van der Waals surface area contributed by atoms with Gasteiger partial charge < -0.3 is 16.0 Å². The van der Waals surface area contributed by atoms with Crippen LogP contribution in [0.25, 0.3) is 0 Å². The Morgan fingerprint density at radius 2 is 1.62 bits per heavy atom. The van der Waals surface area contributed by atoms with Gasteiger partial charge in [-0.05, 0) is 69.6 Å². The molecule has 0 bridgehead atoms.